The Morgan fingerprint density at radius 2 is 1.09 bits per heavy atom. The number of hydrogen-bond donors (Lipinski definition) is 0. The molecule has 0 aliphatic rings. The topological polar surface area (TPSA) is 36.9 Å². The van der Waals surface area contributed by atoms with Crippen molar-refractivity contribution >= 4 is 40.2 Å². The molecule has 0 bridgehead atoms. The van der Waals surface area contributed by atoms with E-state index in [0.29, 0.717) is 0 Å². The van der Waals surface area contributed by atoms with Gasteiger partial charge in [0.2, 0.25) is 0 Å². The molecular formula is C15H33BrMgO4Si2. The summed E-state index contributed by atoms with van der Waals surface area (Å²) in [5.74, 6) is 0. The third kappa shape index (κ3) is 22.6. The molecule has 0 amide bonds. The van der Waals surface area contributed by atoms with Gasteiger partial charge in [-0.15, -0.1) is 13.2 Å². The van der Waals surface area contributed by atoms with Crippen LogP contribution in [0.25, 0.3) is 0 Å². The molecule has 134 valence electrons. The van der Waals surface area contributed by atoms with E-state index >= 15 is 0 Å². The first kappa shape index (κ1) is 34.9. The van der Waals surface area contributed by atoms with Gasteiger partial charge >= 0.3 is 31.9 Å². The van der Waals surface area contributed by atoms with Gasteiger partial charge in [0.25, 0.3) is 0 Å². The zero-order valence-electron chi connectivity index (χ0n) is 15.7. The number of halogens is 1. The second kappa shape index (κ2) is 22.6. The Balaban J connectivity index is -0.0000000755. The third-order valence-electron chi connectivity index (χ3n) is 2.76. The van der Waals surface area contributed by atoms with Gasteiger partial charge in [0.1, 0.15) is 0 Å². The molecule has 0 spiro atoms. The standard InChI is InChI=1S/C8H16OSi.C4H12O3Si.C3H5.BrH.Mg/c1-5-7-10(4,9-3)8-6-2;1-5-8(4,6-2)7-3;1-3-2;;/h5-6H,1-2,7-8H2,3-4H3;1-4H3;3H,1-2H2;1H;/q;;-1;;+2/p-1. The van der Waals surface area contributed by atoms with Crippen molar-refractivity contribution in [2.24, 2.45) is 0 Å². The van der Waals surface area contributed by atoms with E-state index in [1.54, 1.807) is 28.4 Å². The van der Waals surface area contributed by atoms with Gasteiger partial charge in [-0.05, 0) is 18.6 Å². The van der Waals surface area contributed by atoms with Crippen molar-refractivity contribution in [3.63, 3.8) is 0 Å². The van der Waals surface area contributed by atoms with Crippen LogP contribution in [0.2, 0.25) is 25.2 Å². The molecular weight excluding hydrogens is 405 g/mol. The smallest absolute Gasteiger partial charge is 1.00 e. The van der Waals surface area contributed by atoms with E-state index in [2.05, 4.69) is 33.2 Å². The normalized spacial score (nSPS) is 9.48. The summed E-state index contributed by atoms with van der Waals surface area (Å²) >= 11 is 0. The molecule has 8 heteroatoms. The minimum absolute atomic E-state index is 0. The van der Waals surface area contributed by atoms with E-state index in [4.69, 9.17) is 17.7 Å². The van der Waals surface area contributed by atoms with E-state index < -0.39 is 17.1 Å². The molecule has 0 aliphatic heterocycles. The van der Waals surface area contributed by atoms with E-state index in [1.165, 1.54) is 6.08 Å². The molecule has 4 nitrogen and oxygen atoms in total. The summed E-state index contributed by atoms with van der Waals surface area (Å²) in [6.45, 7) is 17.9. The zero-order chi connectivity index (χ0) is 17.4. The van der Waals surface area contributed by atoms with E-state index in [0.717, 1.165) is 12.1 Å². The van der Waals surface area contributed by atoms with Gasteiger partial charge in [0.15, 0.2) is 8.32 Å². The van der Waals surface area contributed by atoms with Crippen LogP contribution in [0.15, 0.2) is 38.0 Å². The minimum atomic E-state index is -2.17. The average molecular weight is 438 g/mol. The largest absolute Gasteiger partial charge is 2.00 e. The molecule has 0 atom stereocenters. The van der Waals surface area contributed by atoms with Crippen LogP contribution in [0.1, 0.15) is 0 Å². The summed E-state index contributed by atoms with van der Waals surface area (Å²) in [6.07, 6.45) is 5.36. The van der Waals surface area contributed by atoms with Crippen LogP contribution >= 0.6 is 0 Å². The first-order valence-electron chi connectivity index (χ1n) is 6.61. The average Bonchev–Trinajstić information content (AvgIpc) is 2.48. The maximum absolute atomic E-state index is 5.42. The van der Waals surface area contributed by atoms with E-state index in [1.807, 2.05) is 18.7 Å². The van der Waals surface area contributed by atoms with Gasteiger partial charge in [-0.3, -0.25) is 0 Å². The summed E-state index contributed by atoms with van der Waals surface area (Å²) < 4.78 is 20.2. The SMILES string of the molecule is C=CC[Si](C)(CC=C)OC.C=C[CH2-].CO[Si](C)(OC)OC.[Br-].[Mg+2]. The fourth-order valence-corrected chi connectivity index (χ4v) is 3.33. The van der Waals surface area contributed by atoms with Crippen LogP contribution in [0, 0.1) is 6.92 Å². The van der Waals surface area contributed by atoms with Crippen molar-refractivity contribution in [1.29, 1.82) is 0 Å². The summed E-state index contributed by atoms with van der Waals surface area (Å²) in [4.78, 5) is 0. The summed E-state index contributed by atoms with van der Waals surface area (Å²) in [7, 11) is 2.89. The van der Waals surface area contributed by atoms with Crippen molar-refractivity contribution in [3.8, 4) is 0 Å². The molecule has 0 rings (SSSR count). The van der Waals surface area contributed by atoms with Crippen LogP contribution in [0.3, 0.4) is 0 Å². The van der Waals surface area contributed by atoms with Crippen molar-refractivity contribution < 1.29 is 34.7 Å². The molecule has 0 aromatic rings. The maximum atomic E-state index is 5.42. The first-order chi connectivity index (χ1) is 9.78. The van der Waals surface area contributed by atoms with Crippen molar-refractivity contribution in [2.75, 3.05) is 28.4 Å². The molecule has 0 fully saturated rings. The summed E-state index contributed by atoms with van der Waals surface area (Å²) in [6, 6.07) is 2.02. The molecule has 0 aliphatic carbocycles. The Kier molecular flexibility index (Phi) is 34.3. The molecule has 0 aromatic carbocycles. The summed E-state index contributed by atoms with van der Waals surface area (Å²) in [5.41, 5.74) is 0. The van der Waals surface area contributed by atoms with Crippen molar-refractivity contribution in [3.05, 3.63) is 44.9 Å². The first-order valence-corrected chi connectivity index (χ1v) is 11.7. The molecule has 0 saturated heterocycles. The van der Waals surface area contributed by atoms with E-state index in [-0.39, 0.29) is 40.0 Å². The Bertz CT molecular complexity index is 260. The van der Waals surface area contributed by atoms with E-state index in [9.17, 15) is 0 Å². The fourth-order valence-electron chi connectivity index (χ4n) is 1.11. The van der Waals surface area contributed by atoms with Gasteiger partial charge in [-0.2, -0.15) is 0 Å². The van der Waals surface area contributed by atoms with Crippen LogP contribution in [0.5, 0.6) is 0 Å². The van der Waals surface area contributed by atoms with Gasteiger partial charge < -0.3 is 34.7 Å². The zero-order valence-corrected chi connectivity index (χ0v) is 20.7. The molecule has 0 unspecified atom stereocenters. The quantitative estimate of drug-likeness (QED) is 0.318. The van der Waals surface area contributed by atoms with Crippen LogP contribution in [-0.2, 0) is 17.7 Å². The van der Waals surface area contributed by atoms with Crippen LogP contribution < -0.4 is 17.0 Å². The Labute approximate surface area is 172 Å². The number of hydrogen-bond acceptors (Lipinski definition) is 4. The van der Waals surface area contributed by atoms with Crippen LogP contribution in [0.4, 0.5) is 0 Å². The molecule has 0 N–H and O–H groups in total. The van der Waals surface area contributed by atoms with Gasteiger partial charge in [0.05, 0.1) is 0 Å². The van der Waals surface area contributed by atoms with Crippen LogP contribution in [-0.4, -0.2) is 68.6 Å². The third-order valence-corrected chi connectivity index (χ3v) is 8.27. The second-order valence-electron chi connectivity index (χ2n) is 4.40. The molecule has 23 heavy (non-hydrogen) atoms. The van der Waals surface area contributed by atoms with Gasteiger partial charge in [-0.1, -0.05) is 12.2 Å². The van der Waals surface area contributed by atoms with Gasteiger partial charge in [0, 0.05) is 35.0 Å². The monoisotopic (exact) mass is 436 g/mol. The van der Waals surface area contributed by atoms with Gasteiger partial charge in [-0.25, -0.2) is 19.6 Å². The number of allylic oxidation sites excluding steroid dienone is 3. The summed E-state index contributed by atoms with van der Waals surface area (Å²) in [5, 5.41) is 0. The maximum Gasteiger partial charge on any atom is 2.00 e. The second-order valence-corrected chi connectivity index (χ2v) is 11.5. The molecule has 0 aromatic heterocycles. The fraction of sp³-hybridized carbons (Fsp3) is 0.533. The van der Waals surface area contributed by atoms with Crippen molar-refractivity contribution in [2.45, 2.75) is 25.2 Å². The predicted octanol–water partition coefficient (Wildman–Crippen LogP) is 0.704. The number of rotatable bonds is 8. The Hall–Kier alpha value is 0.610. The Morgan fingerprint density at radius 1 is 0.826 bits per heavy atom. The molecule has 0 radical (unpaired) electrons. The molecule has 0 heterocycles. The predicted molar refractivity (Wildman–Crippen MR) is 103 cm³/mol. The Morgan fingerprint density at radius 3 is 1.17 bits per heavy atom. The van der Waals surface area contributed by atoms with Crippen molar-refractivity contribution in [1.82, 2.24) is 0 Å². The minimum Gasteiger partial charge on any atom is -1.00 e. The molecule has 0 saturated carbocycles.